The van der Waals surface area contributed by atoms with E-state index >= 15 is 0 Å². The van der Waals surface area contributed by atoms with Gasteiger partial charge in [-0.1, -0.05) is 26.2 Å². The molecule has 0 unspecified atom stereocenters. The van der Waals surface area contributed by atoms with Gasteiger partial charge >= 0.3 is 0 Å². The molecule has 2 nitrogen and oxygen atoms in total. The van der Waals surface area contributed by atoms with Gasteiger partial charge in [-0.05, 0) is 12.8 Å². The highest BCUT2D eigenvalue weighted by Crippen LogP contribution is 2.03. The van der Waals surface area contributed by atoms with E-state index in [0.717, 1.165) is 6.54 Å². The molecule has 0 aliphatic heterocycles. The number of unbranched alkanes of at least 4 members (excludes halogenated alkanes) is 4. The number of hydrogen-bond donors (Lipinski definition) is 1. The van der Waals surface area contributed by atoms with Crippen molar-refractivity contribution in [1.82, 2.24) is 0 Å². The van der Waals surface area contributed by atoms with Gasteiger partial charge in [0.05, 0.1) is 20.6 Å². The minimum atomic E-state index is 0.617. The van der Waals surface area contributed by atoms with Gasteiger partial charge in [-0.15, -0.1) is 0 Å². The lowest BCUT2D eigenvalue weighted by atomic mass is 10.1. The summed E-state index contributed by atoms with van der Waals surface area (Å²) in [5.74, 6) is 5.79. The molecule has 0 fully saturated rings. The van der Waals surface area contributed by atoms with Crippen molar-refractivity contribution in [3.05, 3.63) is 0 Å². The fourth-order valence-electron chi connectivity index (χ4n) is 1.12. The first kappa shape index (κ1) is 10.9. The number of rotatable bonds is 6. The Morgan fingerprint density at radius 2 is 1.55 bits per heavy atom. The van der Waals surface area contributed by atoms with E-state index in [1.165, 1.54) is 32.1 Å². The standard InChI is InChI=1S/C9H23N2/c1-4-5-6-7-8-9-11(2,3)10/h4-10H2,1-3H3/q+1. The summed E-state index contributed by atoms with van der Waals surface area (Å²) in [6.45, 7) is 3.34. The molecule has 0 saturated heterocycles. The van der Waals surface area contributed by atoms with Gasteiger partial charge in [-0.2, -0.15) is 5.84 Å². The molecule has 0 aromatic rings. The summed E-state index contributed by atoms with van der Waals surface area (Å²) in [6, 6.07) is 0. The van der Waals surface area contributed by atoms with Gasteiger partial charge in [-0.25, -0.2) is 0 Å². The third-order valence-corrected chi connectivity index (χ3v) is 1.84. The van der Waals surface area contributed by atoms with Crippen LogP contribution in [0.3, 0.4) is 0 Å². The fraction of sp³-hybridized carbons (Fsp3) is 1.00. The Morgan fingerprint density at radius 1 is 1.00 bits per heavy atom. The summed E-state index contributed by atoms with van der Waals surface area (Å²) in [6.07, 6.45) is 6.67. The van der Waals surface area contributed by atoms with Gasteiger partial charge < -0.3 is 0 Å². The van der Waals surface area contributed by atoms with Crippen LogP contribution in [0.5, 0.6) is 0 Å². The van der Waals surface area contributed by atoms with E-state index in [-0.39, 0.29) is 0 Å². The Labute approximate surface area is 70.9 Å². The first-order chi connectivity index (χ1) is 5.06. The van der Waals surface area contributed by atoms with Gasteiger partial charge in [0.2, 0.25) is 0 Å². The smallest absolute Gasteiger partial charge is 0.0955 e. The Bertz CT molecular complexity index is 84.1. The third-order valence-electron chi connectivity index (χ3n) is 1.84. The van der Waals surface area contributed by atoms with Crippen LogP contribution in [0.25, 0.3) is 0 Å². The van der Waals surface area contributed by atoms with Crippen LogP contribution in [0.4, 0.5) is 0 Å². The molecule has 0 spiro atoms. The van der Waals surface area contributed by atoms with Crippen LogP contribution in [0.1, 0.15) is 39.0 Å². The second-order valence-electron chi connectivity index (χ2n) is 3.92. The van der Waals surface area contributed by atoms with Gasteiger partial charge in [0.25, 0.3) is 0 Å². The second kappa shape index (κ2) is 5.56. The average molecular weight is 159 g/mol. The van der Waals surface area contributed by atoms with Crippen molar-refractivity contribution in [2.24, 2.45) is 5.84 Å². The molecule has 0 aromatic heterocycles. The van der Waals surface area contributed by atoms with Crippen LogP contribution in [-0.2, 0) is 0 Å². The average Bonchev–Trinajstić information content (AvgIpc) is 1.85. The normalized spacial score (nSPS) is 12.0. The molecule has 0 aromatic carbocycles. The first-order valence-electron chi connectivity index (χ1n) is 4.68. The highest BCUT2D eigenvalue weighted by molar-refractivity contribution is 4.40. The SMILES string of the molecule is CCCCCCC[N+](C)(C)N. The minimum absolute atomic E-state index is 0.617. The summed E-state index contributed by atoms with van der Waals surface area (Å²) < 4.78 is 0.617. The molecule has 2 N–H and O–H groups in total. The zero-order valence-corrected chi connectivity index (χ0v) is 8.27. The monoisotopic (exact) mass is 159 g/mol. The zero-order chi connectivity index (χ0) is 8.74. The van der Waals surface area contributed by atoms with Crippen LogP contribution in [0, 0.1) is 0 Å². The largest absolute Gasteiger partial charge is 0.253 e. The van der Waals surface area contributed by atoms with Crippen molar-refractivity contribution in [1.29, 1.82) is 0 Å². The lowest BCUT2D eigenvalue weighted by Gasteiger charge is -2.21. The molecule has 0 bridgehead atoms. The van der Waals surface area contributed by atoms with E-state index in [1.54, 1.807) is 0 Å². The van der Waals surface area contributed by atoms with Crippen molar-refractivity contribution in [2.45, 2.75) is 39.0 Å². The molecule has 0 saturated carbocycles. The van der Waals surface area contributed by atoms with Crippen molar-refractivity contribution >= 4 is 0 Å². The molecule has 0 heterocycles. The molecule has 0 rings (SSSR count). The number of quaternary nitrogens is 1. The lowest BCUT2D eigenvalue weighted by Crippen LogP contribution is -2.47. The van der Waals surface area contributed by atoms with Crippen LogP contribution in [0.15, 0.2) is 0 Å². The van der Waals surface area contributed by atoms with Crippen LogP contribution in [-0.4, -0.2) is 25.2 Å². The number of nitrogens with zero attached hydrogens (tertiary/aromatic N) is 1. The molecule has 11 heavy (non-hydrogen) atoms. The molecular formula is C9H23N2+. The fourth-order valence-corrected chi connectivity index (χ4v) is 1.12. The molecule has 0 atom stereocenters. The molecule has 2 heteroatoms. The summed E-state index contributed by atoms with van der Waals surface area (Å²) in [7, 11) is 4.08. The molecule has 68 valence electrons. The molecular weight excluding hydrogens is 136 g/mol. The van der Waals surface area contributed by atoms with Crippen LogP contribution in [0.2, 0.25) is 0 Å². The lowest BCUT2D eigenvalue weighted by molar-refractivity contribution is -0.902. The van der Waals surface area contributed by atoms with Gasteiger partial charge in [0.1, 0.15) is 0 Å². The first-order valence-corrected chi connectivity index (χ1v) is 4.68. The summed E-state index contributed by atoms with van der Waals surface area (Å²) in [4.78, 5) is 0. The zero-order valence-electron chi connectivity index (χ0n) is 8.27. The van der Waals surface area contributed by atoms with E-state index in [9.17, 15) is 0 Å². The van der Waals surface area contributed by atoms with Crippen molar-refractivity contribution in [3.63, 3.8) is 0 Å². The summed E-state index contributed by atoms with van der Waals surface area (Å²) in [5.41, 5.74) is 0. The predicted octanol–water partition coefficient (Wildman–Crippen LogP) is 1.91. The van der Waals surface area contributed by atoms with Crippen LogP contribution >= 0.6 is 0 Å². The maximum atomic E-state index is 5.79. The minimum Gasteiger partial charge on any atom is -0.253 e. The van der Waals surface area contributed by atoms with E-state index in [2.05, 4.69) is 6.92 Å². The Kier molecular flexibility index (Phi) is 5.51. The number of nitrogens with two attached hydrogens (primary N) is 1. The quantitative estimate of drug-likeness (QED) is 0.272. The molecule has 0 aliphatic carbocycles. The maximum absolute atomic E-state index is 5.79. The molecule has 0 radical (unpaired) electrons. The molecule has 0 amide bonds. The van der Waals surface area contributed by atoms with Crippen LogP contribution < -0.4 is 5.84 Å². The highest BCUT2D eigenvalue weighted by atomic mass is 15.5. The van der Waals surface area contributed by atoms with Crippen molar-refractivity contribution in [3.8, 4) is 0 Å². The maximum Gasteiger partial charge on any atom is 0.0955 e. The summed E-state index contributed by atoms with van der Waals surface area (Å²) >= 11 is 0. The Morgan fingerprint density at radius 3 is 2.00 bits per heavy atom. The predicted molar refractivity (Wildman–Crippen MR) is 49.9 cm³/mol. The molecule has 0 aliphatic rings. The van der Waals surface area contributed by atoms with E-state index < -0.39 is 0 Å². The second-order valence-corrected chi connectivity index (χ2v) is 3.92. The summed E-state index contributed by atoms with van der Waals surface area (Å²) in [5, 5.41) is 0. The topological polar surface area (TPSA) is 26.0 Å². The van der Waals surface area contributed by atoms with Gasteiger partial charge in [0, 0.05) is 0 Å². The van der Waals surface area contributed by atoms with Gasteiger partial charge in [-0.3, -0.25) is 4.59 Å². The van der Waals surface area contributed by atoms with E-state index in [4.69, 9.17) is 5.84 Å². The third kappa shape index (κ3) is 9.92. The Hall–Kier alpha value is -0.0800. The highest BCUT2D eigenvalue weighted by Gasteiger charge is 2.05. The Balaban J connectivity index is 3.02. The van der Waals surface area contributed by atoms with Crippen molar-refractivity contribution in [2.75, 3.05) is 20.6 Å². The number of hydrogen-bond acceptors (Lipinski definition) is 1. The van der Waals surface area contributed by atoms with E-state index in [0.29, 0.717) is 4.59 Å². The van der Waals surface area contributed by atoms with E-state index in [1.807, 2.05) is 14.1 Å². The van der Waals surface area contributed by atoms with Crippen molar-refractivity contribution < 1.29 is 4.59 Å². The van der Waals surface area contributed by atoms with Gasteiger partial charge in [0.15, 0.2) is 0 Å².